The van der Waals surface area contributed by atoms with Crippen molar-refractivity contribution in [2.24, 2.45) is 0 Å². The van der Waals surface area contributed by atoms with Crippen LogP contribution < -0.4 is 5.32 Å². The monoisotopic (exact) mass is 286 g/mol. The summed E-state index contributed by atoms with van der Waals surface area (Å²) in [6.45, 7) is 5.73. The zero-order valence-electron chi connectivity index (χ0n) is 11.1. The van der Waals surface area contributed by atoms with Gasteiger partial charge < -0.3 is 10.4 Å². The first kappa shape index (κ1) is 14.6. The molecule has 0 bridgehead atoms. The Hall–Kier alpha value is -0.840. The summed E-state index contributed by atoms with van der Waals surface area (Å²) in [6.07, 6.45) is 1.86. The fourth-order valence-corrected chi connectivity index (χ4v) is 2.86. The average molecular weight is 287 g/mol. The number of aromatic hydroxyl groups is 1. The Labute approximate surface area is 118 Å². The minimum absolute atomic E-state index is 0.0281. The molecule has 1 aromatic carbocycles. The molecule has 1 aromatic rings. The van der Waals surface area contributed by atoms with Crippen LogP contribution >= 0.6 is 11.6 Å². The molecule has 2 rings (SSSR count). The van der Waals surface area contributed by atoms with Crippen molar-refractivity contribution >= 4 is 11.6 Å². The Morgan fingerprint density at radius 3 is 2.74 bits per heavy atom. The van der Waals surface area contributed by atoms with Crippen LogP contribution in [0.2, 0.25) is 5.02 Å². The summed E-state index contributed by atoms with van der Waals surface area (Å²) in [4.78, 5) is 2.28. The van der Waals surface area contributed by atoms with Gasteiger partial charge in [-0.25, -0.2) is 4.39 Å². The highest BCUT2D eigenvalue weighted by Gasteiger charge is 2.25. The van der Waals surface area contributed by atoms with Crippen molar-refractivity contribution in [1.82, 2.24) is 10.2 Å². The molecule has 1 heterocycles. The normalized spacial score (nSPS) is 18.5. The third kappa shape index (κ3) is 3.38. The zero-order valence-corrected chi connectivity index (χ0v) is 11.9. The molecule has 0 unspecified atom stereocenters. The fraction of sp³-hybridized carbons (Fsp3) is 0.571. The van der Waals surface area contributed by atoms with Crippen LogP contribution in [-0.4, -0.2) is 36.2 Å². The van der Waals surface area contributed by atoms with Gasteiger partial charge in [0.15, 0.2) is 11.6 Å². The summed E-state index contributed by atoms with van der Waals surface area (Å²) in [5.41, 5.74) is 0.605. The van der Waals surface area contributed by atoms with Crippen LogP contribution in [-0.2, 0) is 0 Å². The molecule has 106 valence electrons. The van der Waals surface area contributed by atoms with Gasteiger partial charge in [-0.05, 0) is 18.6 Å². The summed E-state index contributed by atoms with van der Waals surface area (Å²) >= 11 is 5.92. The number of piperazine rings is 1. The minimum Gasteiger partial charge on any atom is -0.505 e. The number of halogens is 2. The van der Waals surface area contributed by atoms with E-state index in [0.717, 1.165) is 45.1 Å². The van der Waals surface area contributed by atoms with E-state index in [1.165, 1.54) is 0 Å². The van der Waals surface area contributed by atoms with E-state index in [2.05, 4.69) is 17.1 Å². The molecule has 0 amide bonds. The van der Waals surface area contributed by atoms with Gasteiger partial charge >= 0.3 is 0 Å². The Morgan fingerprint density at radius 1 is 1.42 bits per heavy atom. The second-order valence-electron chi connectivity index (χ2n) is 4.92. The van der Waals surface area contributed by atoms with Crippen molar-refractivity contribution in [1.29, 1.82) is 0 Å². The third-order valence-corrected chi connectivity index (χ3v) is 3.79. The number of nitrogens with zero attached hydrogens (tertiary/aromatic N) is 1. The number of nitrogens with one attached hydrogen (secondary N) is 1. The van der Waals surface area contributed by atoms with E-state index >= 15 is 0 Å². The summed E-state index contributed by atoms with van der Waals surface area (Å²) in [5, 5.41) is 13.6. The molecule has 0 spiro atoms. The molecule has 1 fully saturated rings. The van der Waals surface area contributed by atoms with E-state index in [1.54, 1.807) is 6.07 Å². The first-order chi connectivity index (χ1) is 9.13. The van der Waals surface area contributed by atoms with E-state index in [1.807, 2.05) is 0 Å². The third-order valence-electron chi connectivity index (χ3n) is 3.57. The van der Waals surface area contributed by atoms with Crippen molar-refractivity contribution in [3.05, 3.63) is 28.5 Å². The molecule has 0 radical (unpaired) electrons. The highest BCUT2D eigenvalue weighted by atomic mass is 35.5. The van der Waals surface area contributed by atoms with Crippen LogP contribution in [0.25, 0.3) is 0 Å². The first-order valence-corrected chi connectivity index (χ1v) is 7.14. The van der Waals surface area contributed by atoms with Crippen LogP contribution in [0.1, 0.15) is 31.4 Å². The number of rotatable bonds is 4. The van der Waals surface area contributed by atoms with E-state index < -0.39 is 5.82 Å². The van der Waals surface area contributed by atoms with Crippen LogP contribution in [0.15, 0.2) is 12.1 Å². The molecular weight excluding hydrogens is 267 g/mol. The molecule has 3 nitrogen and oxygen atoms in total. The lowest BCUT2D eigenvalue weighted by molar-refractivity contribution is 0.161. The number of hydrogen-bond donors (Lipinski definition) is 2. The van der Waals surface area contributed by atoms with Crippen LogP contribution in [0.5, 0.6) is 5.75 Å². The van der Waals surface area contributed by atoms with Gasteiger partial charge in [0.1, 0.15) is 0 Å². The van der Waals surface area contributed by atoms with Crippen molar-refractivity contribution in [2.75, 3.05) is 26.2 Å². The number of phenolic OH excluding ortho intramolecular Hbond substituents is 1. The predicted molar refractivity (Wildman–Crippen MR) is 75.2 cm³/mol. The van der Waals surface area contributed by atoms with Crippen LogP contribution in [0.3, 0.4) is 0 Å². The summed E-state index contributed by atoms with van der Waals surface area (Å²) in [7, 11) is 0. The molecule has 1 aliphatic rings. The lowest BCUT2D eigenvalue weighted by Crippen LogP contribution is -2.45. The SMILES string of the molecule is CCC[C@@H](c1cc(Cl)cc(F)c1O)N1CCNCC1. The van der Waals surface area contributed by atoms with Gasteiger partial charge in [0.2, 0.25) is 0 Å². The van der Waals surface area contributed by atoms with E-state index in [0.29, 0.717) is 10.6 Å². The van der Waals surface area contributed by atoms with Crippen LogP contribution in [0, 0.1) is 5.82 Å². The van der Waals surface area contributed by atoms with E-state index in [4.69, 9.17) is 11.6 Å². The molecule has 19 heavy (non-hydrogen) atoms. The lowest BCUT2D eigenvalue weighted by Gasteiger charge is -2.35. The molecule has 0 aliphatic carbocycles. The first-order valence-electron chi connectivity index (χ1n) is 6.76. The van der Waals surface area contributed by atoms with Crippen molar-refractivity contribution in [2.45, 2.75) is 25.8 Å². The van der Waals surface area contributed by atoms with Gasteiger partial charge in [-0.2, -0.15) is 0 Å². The second kappa shape index (κ2) is 6.55. The van der Waals surface area contributed by atoms with Crippen molar-refractivity contribution in [3.63, 3.8) is 0 Å². The molecule has 0 saturated carbocycles. The highest BCUT2D eigenvalue weighted by molar-refractivity contribution is 6.30. The maximum absolute atomic E-state index is 13.6. The second-order valence-corrected chi connectivity index (χ2v) is 5.35. The van der Waals surface area contributed by atoms with Gasteiger partial charge in [-0.3, -0.25) is 4.90 Å². The molecule has 2 N–H and O–H groups in total. The molecule has 5 heteroatoms. The van der Waals surface area contributed by atoms with Gasteiger partial charge in [0.25, 0.3) is 0 Å². The summed E-state index contributed by atoms with van der Waals surface area (Å²) in [5.74, 6) is -0.903. The Kier molecular flexibility index (Phi) is 5.02. The number of hydrogen-bond acceptors (Lipinski definition) is 3. The predicted octanol–water partition coefficient (Wildman–Crippen LogP) is 2.93. The molecular formula is C14H20ClFN2O. The largest absolute Gasteiger partial charge is 0.505 e. The van der Waals surface area contributed by atoms with Crippen LogP contribution in [0.4, 0.5) is 4.39 Å². The van der Waals surface area contributed by atoms with E-state index in [9.17, 15) is 9.50 Å². The highest BCUT2D eigenvalue weighted by Crippen LogP contribution is 2.36. The standard InChI is InChI=1S/C14H20ClFN2O/c1-2-3-13(18-6-4-17-5-7-18)11-8-10(15)9-12(16)14(11)19/h8-9,13,17,19H,2-7H2,1H3/t13-/m0/s1. The quantitative estimate of drug-likeness (QED) is 0.893. The topological polar surface area (TPSA) is 35.5 Å². The number of benzene rings is 1. The molecule has 1 saturated heterocycles. The van der Waals surface area contributed by atoms with Gasteiger partial charge in [-0.15, -0.1) is 0 Å². The van der Waals surface area contributed by atoms with Gasteiger partial charge in [0.05, 0.1) is 0 Å². The maximum Gasteiger partial charge on any atom is 0.166 e. The van der Waals surface area contributed by atoms with E-state index in [-0.39, 0.29) is 11.8 Å². The molecule has 1 aliphatic heterocycles. The summed E-state index contributed by atoms with van der Waals surface area (Å²) in [6, 6.07) is 2.86. The average Bonchev–Trinajstić information content (AvgIpc) is 2.41. The Bertz CT molecular complexity index is 436. The van der Waals surface area contributed by atoms with Crippen molar-refractivity contribution < 1.29 is 9.50 Å². The molecule has 0 aromatic heterocycles. The Balaban J connectivity index is 2.32. The Morgan fingerprint density at radius 2 is 2.11 bits per heavy atom. The fourth-order valence-electron chi connectivity index (χ4n) is 2.64. The lowest BCUT2D eigenvalue weighted by atomic mass is 9.98. The van der Waals surface area contributed by atoms with Gasteiger partial charge in [-0.1, -0.05) is 24.9 Å². The maximum atomic E-state index is 13.6. The van der Waals surface area contributed by atoms with Crippen molar-refractivity contribution in [3.8, 4) is 5.75 Å². The summed E-state index contributed by atoms with van der Waals surface area (Å²) < 4.78 is 13.6. The minimum atomic E-state index is -0.640. The smallest absolute Gasteiger partial charge is 0.166 e. The molecule has 1 atom stereocenters. The van der Waals surface area contributed by atoms with Gasteiger partial charge in [0, 0.05) is 42.8 Å². The zero-order chi connectivity index (χ0) is 13.8. The number of phenols is 1.